The van der Waals surface area contributed by atoms with E-state index in [0.717, 1.165) is 93.8 Å². The van der Waals surface area contributed by atoms with Crippen LogP contribution in [-0.2, 0) is 31.9 Å². The van der Waals surface area contributed by atoms with Crippen molar-refractivity contribution in [3.63, 3.8) is 0 Å². The third kappa shape index (κ3) is 7.96. The van der Waals surface area contributed by atoms with Crippen LogP contribution in [0.4, 0.5) is 29.7 Å². The molecule has 0 saturated carbocycles. The average molecular weight is 793 g/mol. The highest BCUT2D eigenvalue weighted by Gasteiger charge is 2.46. The van der Waals surface area contributed by atoms with E-state index in [2.05, 4.69) is 23.6 Å². The zero-order valence-corrected chi connectivity index (χ0v) is 34.4. The molecule has 310 valence electrons. The number of carbonyl (C=O) groups is 4. The van der Waals surface area contributed by atoms with E-state index in [1.54, 1.807) is 23.6 Å². The van der Waals surface area contributed by atoms with Gasteiger partial charge < -0.3 is 29.1 Å². The van der Waals surface area contributed by atoms with Gasteiger partial charge >= 0.3 is 12.2 Å². The summed E-state index contributed by atoms with van der Waals surface area (Å²) in [4.78, 5) is 61.5. The molecule has 0 aliphatic carbocycles. The molecule has 6 aliphatic heterocycles. The fourth-order valence-corrected chi connectivity index (χ4v) is 10.1. The number of halogens is 2. The molecule has 4 amide bonds. The van der Waals surface area contributed by atoms with Crippen LogP contribution < -0.4 is 9.80 Å². The van der Waals surface area contributed by atoms with Crippen LogP contribution in [0.3, 0.4) is 0 Å². The summed E-state index contributed by atoms with van der Waals surface area (Å²) in [5.74, 6) is -0.340. The first-order chi connectivity index (χ1) is 27.1. The van der Waals surface area contributed by atoms with E-state index in [9.17, 15) is 28.0 Å². The summed E-state index contributed by atoms with van der Waals surface area (Å²) in [5.41, 5.74) is 4.42. The molecule has 6 aliphatic rings. The summed E-state index contributed by atoms with van der Waals surface area (Å²) in [6, 6.07) is 6.96. The summed E-state index contributed by atoms with van der Waals surface area (Å²) in [5, 5.41) is 0. The summed E-state index contributed by atoms with van der Waals surface area (Å²) in [7, 11) is 1.42. The first-order valence-electron chi connectivity index (χ1n) is 20.6. The molecule has 8 rings (SSSR count). The van der Waals surface area contributed by atoms with E-state index in [4.69, 9.17) is 9.47 Å². The molecule has 14 heteroatoms. The maximum absolute atomic E-state index is 13.9. The largest absolute Gasteiger partial charge is 0.453 e. The van der Waals surface area contributed by atoms with Crippen LogP contribution in [0.5, 0.6) is 0 Å². The zero-order valence-electron chi connectivity index (χ0n) is 34.4. The molecule has 0 bridgehead atoms. The van der Waals surface area contributed by atoms with Crippen molar-refractivity contribution >= 4 is 35.4 Å². The Kier molecular flexibility index (Phi) is 11.6. The van der Waals surface area contributed by atoms with Crippen molar-refractivity contribution in [3.05, 3.63) is 58.2 Å². The second-order valence-corrected chi connectivity index (χ2v) is 17.3. The number of likely N-dealkylation sites (tertiary alicyclic amines) is 4. The smallest absolute Gasteiger partial charge is 0.409 e. The molecule has 2 atom stereocenters. The van der Waals surface area contributed by atoms with Crippen molar-refractivity contribution in [1.82, 2.24) is 19.6 Å². The van der Waals surface area contributed by atoms with Gasteiger partial charge in [0.05, 0.1) is 26.6 Å². The number of hydrogen-bond donors (Lipinski definition) is 0. The quantitative estimate of drug-likeness (QED) is 0.373. The van der Waals surface area contributed by atoms with Crippen LogP contribution in [0.1, 0.15) is 81.5 Å². The summed E-state index contributed by atoms with van der Waals surface area (Å²) < 4.78 is 37.8. The van der Waals surface area contributed by atoms with E-state index in [1.807, 2.05) is 28.9 Å². The Morgan fingerprint density at radius 1 is 0.684 bits per heavy atom. The Balaban J connectivity index is 0.000000174. The number of anilines is 2. The monoisotopic (exact) mass is 792 g/mol. The molecule has 6 heterocycles. The van der Waals surface area contributed by atoms with Gasteiger partial charge in [-0.25, -0.2) is 18.4 Å². The number of carbonyl (C=O) groups excluding carboxylic acids is 4. The Labute approximate surface area is 335 Å². The van der Waals surface area contributed by atoms with Crippen molar-refractivity contribution in [2.45, 2.75) is 109 Å². The molecular weight excluding hydrogens is 735 g/mol. The van der Waals surface area contributed by atoms with Gasteiger partial charge in [0.2, 0.25) is 11.8 Å². The highest BCUT2D eigenvalue weighted by Crippen LogP contribution is 2.39. The van der Waals surface area contributed by atoms with Gasteiger partial charge in [-0.15, -0.1) is 0 Å². The Morgan fingerprint density at radius 2 is 1.09 bits per heavy atom. The topological polar surface area (TPSA) is 106 Å². The first-order valence-corrected chi connectivity index (χ1v) is 20.6. The first kappa shape index (κ1) is 40.9. The van der Waals surface area contributed by atoms with Gasteiger partial charge in [0.25, 0.3) is 0 Å². The Hall–Kier alpha value is -4.30. The molecule has 2 aromatic carbocycles. The van der Waals surface area contributed by atoms with Gasteiger partial charge in [-0.2, -0.15) is 0 Å². The minimum absolute atomic E-state index is 0.0498. The lowest BCUT2D eigenvalue weighted by Crippen LogP contribution is -2.55. The van der Waals surface area contributed by atoms with E-state index < -0.39 is 0 Å². The Morgan fingerprint density at radius 3 is 1.47 bits per heavy atom. The average Bonchev–Trinajstić information content (AvgIpc) is 3.95. The van der Waals surface area contributed by atoms with Crippen LogP contribution in [-0.4, -0.2) is 133 Å². The van der Waals surface area contributed by atoms with Crippen molar-refractivity contribution in [2.75, 3.05) is 75.9 Å². The second kappa shape index (κ2) is 16.2. The Bertz CT molecular complexity index is 1900. The normalized spacial score (nSPS) is 25.8. The van der Waals surface area contributed by atoms with E-state index in [-0.39, 0.29) is 58.8 Å². The molecule has 2 aromatic rings. The SMILES string of the molecule is CCOC(=O)N1CCC(C)(N2CCC(N3C(=O)Cc4cc(F)c(C)cc43)CC2)C1.COC(=O)N1CCC(C)(N2CCC(N3C(=O)Cc4cc(F)c(C)cc43)CC2)C1. The highest BCUT2D eigenvalue weighted by atomic mass is 19.1. The number of benzene rings is 2. The van der Waals surface area contributed by atoms with Crippen LogP contribution in [0.2, 0.25) is 0 Å². The standard InChI is InChI=1S/C22H30FN3O3.C21H28FN3O3/c1-4-29-21(28)24-10-7-22(3,14-24)25-8-5-17(6-9-25)26-19-11-15(2)18(23)12-16(19)13-20(26)27;1-14-10-18-15(11-17(14)22)12-19(26)25(18)16-4-7-24(8-5-16)21(2)6-9-23(13-21)20(27)28-3/h11-12,17H,4-10,13-14H2,1-3H3;10-11,16H,4-9,12-13H2,1-3H3. The van der Waals surface area contributed by atoms with Crippen molar-refractivity contribution in [2.24, 2.45) is 0 Å². The number of rotatable bonds is 5. The maximum atomic E-state index is 13.9. The van der Waals surface area contributed by atoms with Gasteiger partial charge in [-0.05, 0) is 120 Å². The van der Waals surface area contributed by atoms with Crippen LogP contribution >= 0.6 is 0 Å². The van der Waals surface area contributed by atoms with Crippen molar-refractivity contribution in [3.8, 4) is 0 Å². The predicted molar refractivity (Wildman–Crippen MR) is 212 cm³/mol. The second-order valence-electron chi connectivity index (χ2n) is 17.3. The summed E-state index contributed by atoms with van der Waals surface area (Å²) in [6.07, 6.45) is 5.49. The number of nitrogens with zero attached hydrogens (tertiary/aromatic N) is 6. The number of methoxy groups -OCH3 is 1. The lowest BCUT2D eigenvalue weighted by atomic mass is 9.93. The lowest BCUT2D eigenvalue weighted by molar-refractivity contribution is -0.118. The highest BCUT2D eigenvalue weighted by molar-refractivity contribution is 6.02. The molecule has 0 N–H and O–H groups in total. The molecule has 4 saturated heterocycles. The fourth-order valence-electron chi connectivity index (χ4n) is 10.1. The maximum Gasteiger partial charge on any atom is 0.409 e. The molecule has 0 radical (unpaired) electrons. The minimum Gasteiger partial charge on any atom is -0.453 e. The molecule has 57 heavy (non-hydrogen) atoms. The predicted octanol–water partition coefficient (Wildman–Crippen LogP) is 5.83. The van der Waals surface area contributed by atoms with E-state index in [1.165, 1.54) is 19.2 Å². The van der Waals surface area contributed by atoms with Crippen LogP contribution in [0.15, 0.2) is 24.3 Å². The van der Waals surface area contributed by atoms with Gasteiger partial charge in [-0.1, -0.05) is 0 Å². The van der Waals surface area contributed by atoms with Gasteiger partial charge in [0.15, 0.2) is 0 Å². The van der Waals surface area contributed by atoms with Crippen molar-refractivity contribution < 1.29 is 37.4 Å². The summed E-state index contributed by atoms with van der Waals surface area (Å²) >= 11 is 0. The molecule has 0 aromatic heterocycles. The number of amides is 4. The molecule has 0 spiro atoms. The number of fused-ring (bicyclic) bond motifs is 2. The van der Waals surface area contributed by atoms with Crippen molar-refractivity contribution in [1.29, 1.82) is 0 Å². The minimum atomic E-state index is -0.263. The van der Waals surface area contributed by atoms with Crippen LogP contribution in [0, 0.1) is 25.5 Å². The molecule has 4 fully saturated rings. The molecule has 12 nitrogen and oxygen atoms in total. The number of ether oxygens (including phenoxy) is 2. The summed E-state index contributed by atoms with van der Waals surface area (Å²) in [6.45, 7) is 16.5. The lowest BCUT2D eigenvalue weighted by Gasteiger charge is -2.44. The van der Waals surface area contributed by atoms with Gasteiger partial charge in [0.1, 0.15) is 11.6 Å². The number of aryl methyl sites for hydroxylation is 2. The van der Waals surface area contributed by atoms with E-state index >= 15 is 0 Å². The zero-order chi connectivity index (χ0) is 40.8. The molecular formula is C43H58F2N6O6. The third-order valence-corrected chi connectivity index (χ3v) is 13.5. The number of piperidine rings is 2. The van der Waals surface area contributed by atoms with Gasteiger partial charge in [-0.3, -0.25) is 19.4 Å². The molecule has 2 unspecified atom stereocenters. The van der Waals surface area contributed by atoms with Gasteiger partial charge in [0, 0.05) is 86.9 Å². The van der Waals surface area contributed by atoms with E-state index in [0.29, 0.717) is 50.2 Å². The third-order valence-electron chi connectivity index (χ3n) is 13.5. The van der Waals surface area contributed by atoms with Crippen LogP contribution in [0.25, 0.3) is 0 Å². The fraction of sp³-hybridized carbons (Fsp3) is 0.628. The number of hydrogen-bond acceptors (Lipinski definition) is 8.